The van der Waals surface area contributed by atoms with Crippen LogP contribution in [0.25, 0.3) is 0 Å². The molecule has 4 nitrogen and oxygen atoms in total. The summed E-state index contributed by atoms with van der Waals surface area (Å²) in [6, 6.07) is 0. The van der Waals surface area contributed by atoms with Gasteiger partial charge in [0.15, 0.2) is 0 Å². The molecule has 2 saturated carbocycles. The smallest absolute Gasteiger partial charge is 0.279 e. The van der Waals surface area contributed by atoms with Gasteiger partial charge in [-0.2, -0.15) is 0 Å². The first-order valence-electron chi connectivity index (χ1n) is 4.38. The van der Waals surface area contributed by atoms with E-state index in [1.54, 1.807) is 0 Å². The van der Waals surface area contributed by atoms with Gasteiger partial charge in [0.2, 0.25) is 0 Å². The van der Waals surface area contributed by atoms with Gasteiger partial charge in [0, 0.05) is 0 Å². The zero-order valence-electron chi connectivity index (χ0n) is 6.94. The minimum Gasteiger partial charge on any atom is -0.328 e. The molecule has 5 heteroatoms. The van der Waals surface area contributed by atoms with Gasteiger partial charge in [-0.1, -0.05) is 0 Å². The number of nitrogens with one attached hydrogen (secondary N) is 1. The molecule has 0 saturated heterocycles. The second-order valence-corrected chi connectivity index (χ2v) is 5.40. The molecule has 2 bridgehead atoms. The summed E-state index contributed by atoms with van der Waals surface area (Å²) < 4.78 is 5.14. The Morgan fingerprint density at radius 3 is 2.58 bits per heavy atom. The maximum atomic E-state index is 9.04. The van der Waals surface area contributed by atoms with Crippen molar-refractivity contribution in [1.82, 2.24) is 0 Å². The van der Waals surface area contributed by atoms with Crippen molar-refractivity contribution < 1.29 is 9.42 Å². The van der Waals surface area contributed by atoms with Crippen LogP contribution in [0, 0.1) is 17.0 Å². The first-order chi connectivity index (χ1) is 5.54. The molecule has 2 rings (SSSR count). The maximum Gasteiger partial charge on any atom is 0.279 e. The number of hydrogen-bond donors (Lipinski definition) is 3. The van der Waals surface area contributed by atoms with E-state index < -0.39 is 7.66 Å². The third-order valence-corrected chi connectivity index (χ3v) is 3.56. The van der Waals surface area contributed by atoms with Crippen molar-refractivity contribution in [1.29, 1.82) is 5.16 Å². The molecule has 0 aromatic rings. The number of rotatable bonds is 2. The lowest BCUT2D eigenvalue weighted by Gasteiger charge is -2.24. The zero-order valence-corrected chi connectivity index (χ0v) is 7.83. The summed E-state index contributed by atoms with van der Waals surface area (Å²) in [7, 11) is -3.24. The van der Waals surface area contributed by atoms with Crippen molar-refractivity contribution >= 4 is 7.66 Å². The molecule has 0 spiro atoms. The molecule has 2 aliphatic carbocycles. The van der Waals surface area contributed by atoms with E-state index in [2.05, 4.69) is 0 Å². The fraction of sp³-hybridized carbons (Fsp3) is 1.00. The van der Waals surface area contributed by atoms with Crippen molar-refractivity contribution in [2.45, 2.75) is 31.8 Å². The lowest BCUT2D eigenvalue weighted by molar-refractivity contribution is 0.134. The molecular formula is C7H15N2O2P. The van der Waals surface area contributed by atoms with Gasteiger partial charge in [0.05, 0.1) is 6.10 Å². The Balaban J connectivity index is 1.95. The van der Waals surface area contributed by atoms with Crippen LogP contribution in [-0.4, -0.2) is 11.0 Å². The SMILES string of the molecule is N=P(N)(O)OC1CC2CCC1C2. The van der Waals surface area contributed by atoms with Gasteiger partial charge >= 0.3 is 0 Å². The zero-order chi connectivity index (χ0) is 8.77. The van der Waals surface area contributed by atoms with Crippen molar-refractivity contribution in [2.24, 2.45) is 17.3 Å². The van der Waals surface area contributed by atoms with Crippen molar-refractivity contribution in [3.05, 3.63) is 0 Å². The molecule has 2 fully saturated rings. The fourth-order valence-electron chi connectivity index (χ4n) is 2.52. The molecule has 4 atom stereocenters. The average Bonchev–Trinajstić information content (AvgIpc) is 2.42. The summed E-state index contributed by atoms with van der Waals surface area (Å²) >= 11 is 0. The van der Waals surface area contributed by atoms with Crippen molar-refractivity contribution in [3.8, 4) is 0 Å². The predicted octanol–water partition coefficient (Wildman–Crippen LogP) is 1.67. The first kappa shape index (κ1) is 8.70. The third-order valence-electron chi connectivity index (χ3n) is 2.97. The van der Waals surface area contributed by atoms with Crippen LogP contribution in [0.3, 0.4) is 0 Å². The molecule has 0 aromatic heterocycles. The highest BCUT2D eigenvalue weighted by molar-refractivity contribution is 7.51. The molecule has 0 heterocycles. The van der Waals surface area contributed by atoms with E-state index in [0.29, 0.717) is 5.92 Å². The topological polar surface area (TPSA) is 79.3 Å². The summed E-state index contributed by atoms with van der Waals surface area (Å²) in [5, 5.41) is 7.10. The lowest BCUT2D eigenvalue weighted by atomic mass is 9.98. The van der Waals surface area contributed by atoms with E-state index in [1.807, 2.05) is 0 Å². The Morgan fingerprint density at radius 2 is 2.17 bits per heavy atom. The predicted molar refractivity (Wildman–Crippen MR) is 46.4 cm³/mol. The third kappa shape index (κ3) is 1.72. The Labute approximate surface area is 72.2 Å². The summed E-state index contributed by atoms with van der Waals surface area (Å²) in [4.78, 5) is 9.04. The summed E-state index contributed by atoms with van der Waals surface area (Å²) in [6.07, 6.45) is 4.78. The normalized spacial score (nSPS) is 44.7. The lowest BCUT2D eigenvalue weighted by Crippen LogP contribution is -2.20. The van der Waals surface area contributed by atoms with Crippen LogP contribution in [0.2, 0.25) is 0 Å². The van der Waals surface area contributed by atoms with Crippen LogP contribution in [0.1, 0.15) is 25.7 Å². The van der Waals surface area contributed by atoms with E-state index >= 15 is 0 Å². The molecular weight excluding hydrogens is 175 g/mol. The summed E-state index contributed by atoms with van der Waals surface area (Å²) in [5.74, 6) is 1.34. The van der Waals surface area contributed by atoms with E-state index in [4.69, 9.17) is 20.1 Å². The molecule has 12 heavy (non-hydrogen) atoms. The Bertz CT molecular complexity index is 227. The van der Waals surface area contributed by atoms with Gasteiger partial charge in [0.25, 0.3) is 7.66 Å². The van der Waals surface area contributed by atoms with Crippen LogP contribution in [0.4, 0.5) is 0 Å². The van der Waals surface area contributed by atoms with Gasteiger partial charge in [-0.25, -0.2) is 0 Å². The summed E-state index contributed by atoms with van der Waals surface area (Å²) in [6.45, 7) is 0. The molecule has 2 aliphatic rings. The van der Waals surface area contributed by atoms with Gasteiger partial charge < -0.3 is 9.42 Å². The highest BCUT2D eigenvalue weighted by Gasteiger charge is 2.41. The molecule has 0 amide bonds. The second-order valence-electron chi connectivity index (χ2n) is 3.94. The molecule has 0 radical (unpaired) electrons. The molecule has 0 aromatic carbocycles. The Morgan fingerprint density at radius 1 is 1.42 bits per heavy atom. The van der Waals surface area contributed by atoms with E-state index in [9.17, 15) is 0 Å². The van der Waals surface area contributed by atoms with E-state index in [-0.39, 0.29) is 6.10 Å². The van der Waals surface area contributed by atoms with Gasteiger partial charge in [-0.3, -0.25) is 10.7 Å². The minimum atomic E-state index is -3.24. The quantitative estimate of drug-likeness (QED) is 0.579. The number of nitrogens with two attached hydrogens (primary N) is 1. The number of hydrogen-bond acceptors (Lipinski definition) is 2. The van der Waals surface area contributed by atoms with Crippen LogP contribution >= 0.6 is 7.66 Å². The fourth-order valence-corrected chi connectivity index (χ4v) is 3.19. The Kier molecular flexibility index (Phi) is 2.04. The molecule has 4 unspecified atom stereocenters. The van der Waals surface area contributed by atoms with E-state index in [0.717, 1.165) is 12.3 Å². The molecule has 0 aliphatic heterocycles. The van der Waals surface area contributed by atoms with Crippen LogP contribution in [0.5, 0.6) is 0 Å². The van der Waals surface area contributed by atoms with Crippen LogP contribution in [-0.2, 0) is 4.52 Å². The Hall–Kier alpha value is 0.110. The second kappa shape index (κ2) is 2.81. The van der Waals surface area contributed by atoms with E-state index in [1.165, 1.54) is 19.3 Å². The number of fused-ring (bicyclic) bond motifs is 2. The first-order valence-corrected chi connectivity index (χ1v) is 6.11. The van der Waals surface area contributed by atoms with Gasteiger partial charge in [0.1, 0.15) is 0 Å². The largest absolute Gasteiger partial charge is 0.328 e. The van der Waals surface area contributed by atoms with Gasteiger partial charge in [-0.15, -0.1) is 0 Å². The van der Waals surface area contributed by atoms with Crippen LogP contribution in [0.15, 0.2) is 0 Å². The van der Waals surface area contributed by atoms with Crippen molar-refractivity contribution in [2.75, 3.05) is 0 Å². The standard InChI is InChI=1S/C7H15N2O2P/c8-12(9,10)11-7-4-5-1-2-6(7)3-5/h5-7H,1-4H2,(H4,8,9,10). The minimum absolute atomic E-state index is 0.0737. The highest BCUT2D eigenvalue weighted by Crippen LogP contribution is 2.50. The summed E-state index contributed by atoms with van der Waals surface area (Å²) in [5.41, 5.74) is 5.16. The van der Waals surface area contributed by atoms with Crippen molar-refractivity contribution in [3.63, 3.8) is 0 Å². The van der Waals surface area contributed by atoms with Gasteiger partial charge in [-0.05, 0) is 37.5 Å². The van der Waals surface area contributed by atoms with Crippen LogP contribution < -0.4 is 5.50 Å². The molecule has 4 N–H and O–H groups in total. The monoisotopic (exact) mass is 190 g/mol. The highest BCUT2D eigenvalue weighted by atomic mass is 31.2. The molecule has 70 valence electrons. The average molecular weight is 190 g/mol. The maximum absolute atomic E-state index is 9.04.